The van der Waals surface area contributed by atoms with Crippen molar-refractivity contribution in [3.05, 3.63) is 35.1 Å². The van der Waals surface area contributed by atoms with Crippen molar-refractivity contribution >= 4 is 5.91 Å². The molecule has 0 aliphatic carbocycles. The zero-order valence-corrected chi connectivity index (χ0v) is 10.8. The standard InChI is InChI=1S/C14H19FN2O2/c15-13-5-4-10(14(16)19)7-11(13)8-17-6-2-1-3-12(17)9-18/h4-5,7,12,18H,1-3,6,8-9H2,(H2,16,19). The Hall–Kier alpha value is -1.46. The Morgan fingerprint density at radius 2 is 2.26 bits per heavy atom. The number of nitrogens with two attached hydrogens (primary N) is 1. The number of halogens is 1. The molecule has 1 aromatic rings. The SMILES string of the molecule is NC(=O)c1ccc(F)c(CN2CCCCC2CO)c1. The molecule has 4 nitrogen and oxygen atoms in total. The van der Waals surface area contributed by atoms with Gasteiger partial charge in [0.2, 0.25) is 5.91 Å². The zero-order valence-electron chi connectivity index (χ0n) is 10.8. The second-order valence-corrected chi connectivity index (χ2v) is 4.97. The van der Waals surface area contributed by atoms with Gasteiger partial charge < -0.3 is 10.8 Å². The highest BCUT2D eigenvalue weighted by Crippen LogP contribution is 2.21. The number of hydrogen-bond acceptors (Lipinski definition) is 3. The number of piperidine rings is 1. The number of carbonyl (C=O) groups excluding carboxylic acids is 1. The van der Waals surface area contributed by atoms with E-state index in [0.29, 0.717) is 17.7 Å². The number of aliphatic hydroxyl groups is 1. The fourth-order valence-corrected chi connectivity index (χ4v) is 2.54. The third kappa shape index (κ3) is 3.30. The van der Waals surface area contributed by atoms with Crippen LogP contribution in [0.15, 0.2) is 18.2 Å². The Morgan fingerprint density at radius 1 is 1.47 bits per heavy atom. The van der Waals surface area contributed by atoms with Gasteiger partial charge in [-0.2, -0.15) is 0 Å². The minimum absolute atomic E-state index is 0.0744. The number of likely N-dealkylation sites (tertiary alicyclic amines) is 1. The molecule has 104 valence electrons. The molecular formula is C14H19FN2O2. The molecule has 1 fully saturated rings. The van der Waals surface area contributed by atoms with E-state index in [-0.39, 0.29) is 18.5 Å². The van der Waals surface area contributed by atoms with Gasteiger partial charge in [-0.3, -0.25) is 9.69 Å². The highest BCUT2D eigenvalue weighted by Gasteiger charge is 2.22. The van der Waals surface area contributed by atoms with Crippen molar-refractivity contribution in [2.75, 3.05) is 13.2 Å². The molecule has 1 unspecified atom stereocenters. The summed E-state index contributed by atoms with van der Waals surface area (Å²) in [6.07, 6.45) is 3.06. The van der Waals surface area contributed by atoms with E-state index in [1.165, 1.54) is 18.2 Å². The summed E-state index contributed by atoms with van der Waals surface area (Å²) < 4.78 is 13.8. The number of nitrogens with zero attached hydrogens (tertiary/aromatic N) is 1. The summed E-state index contributed by atoms with van der Waals surface area (Å²) in [4.78, 5) is 13.2. The van der Waals surface area contributed by atoms with E-state index >= 15 is 0 Å². The van der Waals surface area contributed by atoms with E-state index in [9.17, 15) is 14.3 Å². The number of aliphatic hydroxyl groups excluding tert-OH is 1. The maximum Gasteiger partial charge on any atom is 0.248 e. The number of hydrogen-bond donors (Lipinski definition) is 2. The van der Waals surface area contributed by atoms with Crippen LogP contribution in [0.25, 0.3) is 0 Å². The largest absolute Gasteiger partial charge is 0.395 e. The van der Waals surface area contributed by atoms with Crippen LogP contribution in [0.4, 0.5) is 4.39 Å². The van der Waals surface area contributed by atoms with Crippen molar-refractivity contribution < 1.29 is 14.3 Å². The van der Waals surface area contributed by atoms with Gasteiger partial charge in [-0.25, -0.2) is 4.39 Å². The predicted molar refractivity (Wildman–Crippen MR) is 70.1 cm³/mol. The Labute approximate surface area is 112 Å². The smallest absolute Gasteiger partial charge is 0.248 e. The summed E-state index contributed by atoms with van der Waals surface area (Å²) in [5.74, 6) is -0.897. The predicted octanol–water partition coefficient (Wildman–Crippen LogP) is 1.27. The van der Waals surface area contributed by atoms with E-state index in [4.69, 9.17) is 5.73 Å². The molecule has 19 heavy (non-hydrogen) atoms. The Balaban J connectivity index is 2.17. The van der Waals surface area contributed by atoms with Gasteiger partial charge >= 0.3 is 0 Å². The number of rotatable bonds is 4. The highest BCUT2D eigenvalue weighted by atomic mass is 19.1. The molecule has 1 aliphatic heterocycles. The third-order valence-electron chi connectivity index (χ3n) is 3.66. The van der Waals surface area contributed by atoms with Crippen LogP contribution in [-0.4, -0.2) is 35.1 Å². The molecule has 0 bridgehead atoms. The molecular weight excluding hydrogens is 247 g/mol. The summed E-state index contributed by atoms with van der Waals surface area (Å²) in [7, 11) is 0. The number of carbonyl (C=O) groups is 1. The van der Waals surface area contributed by atoms with Crippen LogP contribution in [0, 0.1) is 5.82 Å². The Morgan fingerprint density at radius 3 is 2.95 bits per heavy atom. The molecule has 1 aromatic carbocycles. The van der Waals surface area contributed by atoms with E-state index in [1.54, 1.807) is 0 Å². The van der Waals surface area contributed by atoms with Crippen LogP contribution in [-0.2, 0) is 6.54 Å². The lowest BCUT2D eigenvalue weighted by Gasteiger charge is -2.34. The summed E-state index contributed by atoms with van der Waals surface area (Å²) in [6, 6.07) is 4.24. The van der Waals surface area contributed by atoms with Crippen LogP contribution in [0.3, 0.4) is 0 Å². The van der Waals surface area contributed by atoms with Gasteiger partial charge in [-0.05, 0) is 37.6 Å². The van der Waals surface area contributed by atoms with Crippen molar-refractivity contribution in [2.24, 2.45) is 5.73 Å². The molecule has 0 radical (unpaired) electrons. The minimum atomic E-state index is -0.557. The van der Waals surface area contributed by atoms with Crippen LogP contribution in [0.5, 0.6) is 0 Å². The first-order valence-corrected chi connectivity index (χ1v) is 6.55. The molecule has 0 spiro atoms. The van der Waals surface area contributed by atoms with Crippen LogP contribution >= 0.6 is 0 Å². The maximum atomic E-state index is 13.8. The van der Waals surface area contributed by atoms with Crippen LogP contribution in [0.1, 0.15) is 35.2 Å². The van der Waals surface area contributed by atoms with Gasteiger partial charge in [0.05, 0.1) is 6.61 Å². The average Bonchev–Trinajstić information content (AvgIpc) is 2.41. The number of amides is 1. The lowest BCUT2D eigenvalue weighted by molar-refractivity contribution is 0.0831. The first kappa shape index (κ1) is 14.0. The normalized spacial score (nSPS) is 20.4. The van der Waals surface area contributed by atoms with Crippen LogP contribution < -0.4 is 5.73 Å². The summed E-state index contributed by atoms with van der Waals surface area (Å²) in [5.41, 5.74) is 5.97. The lowest BCUT2D eigenvalue weighted by Crippen LogP contribution is -2.41. The van der Waals surface area contributed by atoms with E-state index < -0.39 is 5.91 Å². The van der Waals surface area contributed by atoms with Gasteiger partial charge in [-0.1, -0.05) is 6.42 Å². The van der Waals surface area contributed by atoms with Gasteiger partial charge in [-0.15, -0.1) is 0 Å². The zero-order chi connectivity index (χ0) is 13.8. The molecule has 1 aliphatic rings. The molecule has 2 rings (SSSR count). The topological polar surface area (TPSA) is 66.6 Å². The number of benzene rings is 1. The lowest BCUT2D eigenvalue weighted by atomic mass is 10.0. The monoisotopic (exact) mass is 266 g/mol. The molecule has 1 amide bonds. The fourth-order valence-electron chi connectivity index (χ4n) is 2.54. The molecule has 0 saturated carbocycles. The average molecular weight is 266 g/mol. The third-order valence-corrected chi connectivity index (χ3v) is 3.66. The highest BCUT2D eigenvalue weighted by molar-refractivity contribution is 5.92. The minimum Gasteiger partial charge on any atom is -0.395 e. The molecule has 5 heteroatoms. The van der Waals surface area contributed by atoms with E-state index in [2.05, 4.69) is 4.90 Å². The summed E-state index contributed by atoms with van der Waals surface area (Å²) in [5, 5.41) is 9.34. The molecule has 1 saturated heterocycles. The fraction of sp³-hybridized carbons (Fsp3) is 0.500. The summed E-state index contributed by atoms with van der Waals surface area (Å²) in [6.45, 7) is 1.32. The Bertz CT molecular complexity index is 465. The van der Waals surface area contributed by atoms with Crippen molar-refractivity contribution in [3.63, 3.8) is 0 Å². The molecule has 1 atom stereocenters. The van der Waals surface area contributed by atoms with Crippen molar-refractivity contribution in [1.29, 1.82) is 0 Å². The van der Waals surface area contributed by atoms with Gasteiger partial charge in [0.25, 0.3) is 0 Å². The van der Waals surface area contributed by atoms with Crippen molar-refractivity contribution in [2.45, 2.75) is 31.8 Å². The molecule has 3 N–H and O–H groups in total. The summed E-state index contributed by atoms with van der Waals surface area (Å²) >= 11 is 0. The van der Waals surface area contributed by atoms with Crippen molar-refractivity contribution in [1.82, 2.24) is 4.90 Å². The van der Waals surface area contributed by atoms with Crippen LogP contribution in [0.2, 0.25) is 0 Å². The van der Waals surface area contributed by atoms with Gasteiger partial charge in [0.15, 0.2) is 0 Å². The van der Waals surface area contributed by atoms with E-state index in [0.717, 1.165) is 25.8 Å². The first-order valence-electron chi connectivity index (χ1n) is 6.55. The van der Waals surface area contributed by atoms with Crippen molar-refractivity contribution in [3.8, 4) is 0 Å². The number of primary amides is 1. The second kappa shape index (κ2) is 6.12. The maximum absolute atomic E-state index is 13.8. The Kier molecular flexibility index (Phi) is 4.50. The van der Waals surface area contributed by atoms with Gasteiger partial charge in [0, 0.05) is 23.7 Å². The molecule has 0 aromatic heterocycles. The van der Waals surface area contributed by atoms with Gasteiger partial charge in [0.1, 0.15) is 5.82 Å². The quantitative estimate of drug-likeness (QED) is 0.862. The first-order chi connectivity index (χ1) is 9.11. The van der Waals surface area contributed by atoms with E-state index in [1.807, 2.05) is 0 Å². The second-order valence-electron chi connectivity index (χ2n) is 4.97. The molecule has 1 heterocycles.